The lowest BCUT2D eigenvalue weighted by Gasteiger charge is -2.17. The number of carbonyl (C=O) groups excluding carboxylic acids is 2. The van der Waals surface area contributed by atoms with Gasteiger partial charge >= 0.3 is 0 Å². The van der Waals surface area contributed by atoms with Crippen molar-refractivity contribution in [2.45, 2.75) is 47.0 Å². The van der Waals surface area contributed by atoms with Crippen LogP contribution >= 0.6 is 22.7 Å². The second-order valence-electron chi connectivity index (χ2n) is 7.23. The second kappa shape index (κ2) is 9.28. The van der Waals surface area contributed by atoms with Crippen molar-refractivity contribution in [3.63, 3.8) is 0 Å². The highest BCUT2D eigenvalue weighted by Crippen LogP contribution is 2.29. The fourth-order valence-corrected chi connectivity index (χ4v) is 3.91. The number of nitrogens with zero attached hydrogens (tertiary/aromatic N) is 1. The number of hydrogen-bond acceptors (Lipinski definition) is 5. The molecule has 7 heteroatoms. The van der Waals surface area contributed by atoms with E-state index < -0.39 is 0 Å². The van der Waals surface area contributed by atoms with Crippen LogP contribution in [0.25, 0.3) is 10.6 Å². The Morgan fingerprint density at radius 3 is 2.58 bits per heavy atom. The highest BCUT2D eigenvalue weighted by atomic mass is 32.1. The summed E-state index contributed by atoms with van der Waals surface area (Å²) in [5.74, 6) is 0.0450. The number of thiazole rings is 1. The van der Waals surface area contributed by atoms with E-state index in [2.05, 4.69) is 33.1 Å². The molecule has 0 bridgehead atoms. The fraction of sp³-hybridized carbons (Fsp3) is 0.526. The van der Waals surface area contributed by atoms with Crippen LogP contribution in [-0.2, 0) is 16.0 Å². The van der Waals surface area contributed by atoms with Crippen molar-refractivity contribution in [3.8, 4) is 10.6 Å². The van der Waals surface area contributed by atoms with Gasteiger partial charge in [-0.1, -0.05) is 20.8 Å². The number of aromatic nitrogens is 1. The van der Waals surface area contributed by atoms with Crippen LogP contribution in [0.4, 0.5) is 0 Å². The van der Waals surface area contributed by atoms with Gasteiger partial charge in [0.05, 0.1) is 15.6 Å². The largest absolute Gasteiger partial charge is 0.356 e. The van der Waals surface area contributed by atoms with Crippen molar-refractivity contribution in [3.05, 3.63) is 27.4 Å². The average molecular weight is 394 g/mol. The molecule has 2 N–H and O–H groups in total. The predicted octanol–water partition coefficient (Wildman–Crippen LogP) is 3.78. The molecule has 0 atom stereocenters. The topological polar surface area (TPSA) is 71.1 Å². The molecule has 0 fully saturated rings. The summed E-state index contributed by atoms with van der Waals surface area (Å²) < 4.78 is 0. The normalized spacial score (nSPS) is 11.4. The Bertz CT molecular complexity index is 744. The van der Waals surface area contributed by atoms with Gasteiger partial charge in [-0.15, -0.1) is 22.7 Å². The van der Waals surface area contributed by atoms with E-state index in [-0.39, 0.29) is 17.2 Å². The summed E-state index contributed by atoms with van der Waals surface area (Å²) in [6.45, 7) is 8.79. The Labute approximate surface area is 163 Å². The Morgan fingerprint density at radius 2 is 1.92 bits per heavy atom. The SMILES string of the molecule is Cc1nc(-c2ccc(CCNC(=O)CCCNC(=O)C(C)(C)C)s2)cs1. The first kappa shape index (κ1) is 20.6. The first-order chi connectivity index (χ1) is 12.3. The summed E-state index contributed by atoms with van der Waals surface area (Å²) in [6, 6.07) is 4.19. The maximum absolute atomic E-state index is 11.9. The number of rotatable bonds is 8. The minimum atomic E-state index is -0.390. The standard InChI is InChI=1S/C19H27N3O2S2/c1-13-22-15(12-25-13)16-8-7-14(26-16)9-11-20-17(23)6-5-10-21-18(24)19(2,3)4/h7-8,12H,5-6,9-11H2,1-4H3,(H,20,23)(H,21,24). The molecule has 0 aromatic carbocycles. The van der Waals surface area contributed by atoms with E-state index in [1.165, 1.54) is 9.75 Å². The van der Waals surface area contributed by atoms with E-state index in [0.29, 0.717) is 25.9 Å². The minimum absolute atomic E-state index is 0.0155. The molecule has 2 aromatic heterocycles. The first-order valence-corrected chi connectivity index (χ1v) is 10.5. The van der Waals surface area contributed by atoms with Crippen LogP contribution in [0.15, 0.2) is 17.5 Å². The summed E-state index contributed by atoms with van der Waals surface area (Å²) in [5.41, 5.74) is 0.643. The molecule has 2 heterocycles. The maximum Gasteiger partial charge on any atom is 0.225 e. The molecular formula is C19H27N3O2S2. The van der Waals surface area contributed by atoms with Gasteiger partial charge in [0.2, 0.25) is 11.8 Å². The quantitative estimate of drug-likeness (QED) is 0.671. The zero-order valence-electron chi connectivity index (χ0n) is 15.8. The van der Waals surface area contributed by atoms with Crippen molar-refractivity contribution in [2.24, 2.45) is 5.41 Å². The van der Waals surface area contributed by atoms with E-state index >= 15 is 0 Å². The van der Waals surface area contributed by atoms with Crippen LogP contribution < -0.4 is 10.6 Å². The lowest BCUT2D eigenvalue weighted by molar-refractivity contribution is -0.128. The summed E-state index contributed by atoms with van der Waals surface area (Å²) >= 11 is 3.38. The molecule has 0 unspecified atom stereocenters. The Kier molecular flexibility index (Phi) is 7.34. The summed E-state index contributed by atoms with van der Waals surface area (Å²) in [4.78, 5) is 30.5. The van der Waals surface area contributed by atoms with Gasteiger partial charge in [-0.3, -0.25) is 9.59 Å². The van der Waals surface area contributed by atoms with Crippen LogP contribution in [0.2, 0.25) is 0 Å². The molecule has 2 rings (SSSR count). The third-order valence-electron chi connectivity index (χ3n) is 3.77. The number of aryl methyl sites for hydroxylation is 1. The van der Waals surface area contributed by atoms with E-state index in [9.17, 15) is 9.59 Å². The van der Waals surface area contributed by atoms with Crippen molar-refractivity contribution in [1.82, 2.24) is 15.6 Å². The molecule has 2 amide bonds. The summed E-state index contributed by atoms with van der Waals surface area (Å²) in [5, 5.41) is 8.95. The molecule has 0 aliphatic heterocycles. The molecule has 0 saturated heterocycles. The van der Waals surface area contributed by atoms with Crippen molar-refractivity contribution < 1.29 is 9.59 Å². The lowest BCUT2D eigenvalue weighted by Crippen LogP contribution is -2.35. The number of carbonyl (C=O) groups is 2. The molecule has 0 spiro atoms. The molecule has 142 valence electrons. The number of hydrogen-bond donors (Lipinski definition) is 2. The van der Waals surface area contributed by atoms with Crippen molar-refractivity contribution in [1.29, 1.82) is 0 Å². The first-order valence-electron chi connectivity index (χ1n) is 8.82. The minimum Gasteiger partial charge on any atom is -0.356 e. The van der Waals surface area contributed by atoms with Crippen LogP contribution in [-0.4, -0.2) is 29.9 Å². The smallest absolute Gasteiger partial charge is 0.225 e. The number of amides is 2. The van der Waals surface area contributed by atoms with E-state index in [0.717, 1.165) is 17.1 Å². The van der Waals surface area contributed by atoms with Gasteiger partial charge in [0.1, 0.15) is 0 Å². The van der Waals surface area contributed by atoms with Gasteiger partial charge < -0.3 is 10.6 Å². The highest BCUT2D eigenvalue weighted by Gasteiger charge is 2.20. The third kappa shape index (κ3) is 6.53. The van der Waals surface area contributed by atoms with E-state index in [1.807, 2.05) is 27.7 Å². The summed E-state index contributed by atoms with van der Waals surface area (Å²) in [6.07, 6.45) is 1.90. The summed E-state index contributed by atoms with van der Waals surface area (Å²) in [7, 11) is 0. The second-order valence-corrected chi connectivity index (χ2v) is 9.46. The van der Waals surface area contributed by atoms with E-state index in [1.54, 1.807) is 22.7 Å². The average Bonchev–Trinajstić information content (AvgIpc) is 3.19. The number of thiophene rings is 1. The van der Waals surface area contributed by atoms with Gasteiger partial charge in [0.25, 0.3) is 0 Å². The zero-order chi connectivity index (χ0) is 19.2. The van der Waals surface area contributed by atoms with Crippen molar-refractivity contribution in [2.75, 3.05) is 13.1 Å². The van der Waals surface area contributed by atoms with Crippen LogP contribution in [0.1, 0.15) is 43.5 Å². The molecule has 0 aliphatic carbocycles. The van der Waals surface area contributed by atoms with Crippen LogP contribution in [0, 0.1) is 12.3 Å². The van der Waals surface area contributed by atoms with Gasteiger partial charge in [-0.05, 0) is 31.9 Å². The zero-order valence-corrected chi connectivity index (χ0v) is 17.5. The fourth-order valence-electron chi connectivity index (χ4n) is 2.26. The molecule has 2 aromatic rings. The number of nitrogens with one attached hydrogen (secondary N) is 2. The lowest BCUT2D eigenvalue weighted by atomic mass is 9.96. The molecule has 26 heavy (non-hydrogen) atoms. The monoisotopic (exact) mass is 393 g/mol. The molecule has 0 aliphatic rings. The Balaban J connectivity index is 1.63. The Hall–Kier alpha value is -1.73. The van der Waals surface area contributed by atoms with Crippen LogP contribution in [0.5, 0.6) is 0 Å². The van der Waals surface area contributed by atoms with Gasteiger partial charge in [-0.2, -0.15) is 0 Å². The molecular weight excluding hydrogens is 366 g/mol. The highest BCUT2D eigenvalue weighted by molar-refractivity contribution is 7.16. The van der Waals surface area contributed by atoms with Crippen LogP contribution in [0.3, 0.4) is 0 Å². The maximum atomic E-state index is 11.9. The van der Waals surface area contributed by atoms with Gasteiger partial charge in [0.15, 0.2) is 0 Å². The molecule has 5 nitrogen and oxygen atoms in total. The van der Waals surface area contributed by atoms with Gasteiger partial charge in [0, 0.05) is 35.2 Å². The van der Waals surface area contributed by atoms with Gasteiger partial charge in [-0.25, -0.2) is 4.98 Å². The van der Waals surface area contributed by atoms with E-state index in [4.69, 9.17) is 0 Å². The third-order valence-corrected chi connectivity index (χ3v) is 5.72. The van der Waals surface area contributed by atoms with Crippen molar-refractivity contribution >= 4 is 34.5 Å². The Morgan fingerprint density at radius 1 is 1.15 bits per heavy atom. The predicted molar refractivity (Wildman–Crippen MR) is 109 cm³/mol. The molecule has 0 radical (unpaired) electrons. The molecule has 0 saturated carbocycles.